The smallest absolute Gasteiger partial charge is 0.264 e. The van der Waals surface area contributed by atoms with Crippen LogP contribution in [0.1, 0.15) is 31.4 Å². The molecule has 210 valence electrons. The molecule has 2 heterocycles. The molecule has 0 saturated heterocycles. The van der Waals surface area contributed by atoms with Gasteiger partial charge in [0.15, 0.2) is 0 Å². The fraction of sp³-hybridized carbons (Fsp3) is 0.296. The lowest BCUT2D eigenvalue weighted by atomic mass is 9.94. The number of rotatable bonds is 7. The van der Waals surface area contributed by atoms with Gasteiger partial charge in [-0.05, 0) is 55.7 Å². The molecule has 0 atom stereocenters. The van der Waals surface area contributed by atoms with Crippen LogP contribution in [-0.4, -0.2) is 42.5 Å². The number of nitrogens with one attached hydrogen (secondary N) is 1. The van der Waals surface area contributed by atoms with Crippen molar-refractivity contribution in [2.75, 3.05) is 11.8 Å². The summed E-state index contributed by atoms with van der Waals surface area (Å²) in [4.78, 5) is 12.0. The minimum atomic E-state index is -4.49. The van der Waals surface area contributed by atoms with Gasteiger partial charge in [-0.25, -0.2) is 40.9 Å². The number of benzene rings is 2. The molecule has 5 rings (SSSR count). The lowest BCUT2D eigenvalue weighted by molar-refractivity contribution is -0.0580. The number of ether oxygens (including phenoxy) is 2. The van der Waals surface area contributed by atoms with E-state index in [2.05, 4.69) is 19.7 Å². The van der Waals surface area contributed by atoms with Crippen LogP contribution in [0.3, 0.4) is 0 Å². The van der Waals surface area contributed by atoms with Crippen molar-refractivity contribution in [2.24, 2.45) is 0 Å². The number of hydrogen-bond acceptors (Lipinski definition) is 7. The maximum absolute atomic E-state index is 14.3. The molecule has 1 fully saturated rings. The summed E-state index contributed by atoms with van der Waals surface area (Å²) in [5, 5.41) is 0.641. The van der Waals surface area contributed by atoms with Crippen LogP contribution in [-0.2, 0) is 10.0 Å². The van der Waals surface area contributed by atoms with E-state index in [1.54, 1.807) is 19.1 Å². The molecule has 2 aromatic heterocycles. The van der Waals surface area contributed by atoms with E-state index >= 15 is 0 Å². The minimum Gasteiger partial charge on any atom is -0.488 e. The van der Waals surface area contributed by atoms with Crippen LogP contribution in [0.15, 0.2) is 53.8 Å². The zero-order chi connectivity index (χ0) is 28.7. The molecule has 13 heteroatoms. The number of sulfonamides is 1. The van der Waals surface area contributed by atoms with Gasteiger partial charge in [-0.2, -0.15) is 0 Å². The number of fused-ring (bicyclic) bond motifs is 1. The van der Waals surface area contributed by atoms with Gasteiger partial charge in [-0.15, -0.1) is 0 Å². The number of anilines is 1. The molecule has 0 amide bonds. The van der Waals surface area contributed by atoms with Crippen molar-refractivity contribution in [3.8, 4) is 22.8 Å². The van der Waals surface area contributed by atoms with Crippen molar-refractivity contribution in [3.05, 3.63) is 66.3 Å². The largest absolute Gasteiger partial charge is 0.488 e. The number of methoxy groups -OCH3 is 1. The van der Waals surface area contributed by atoms with E-state index in [4.69, 9.17) is 9.47 Å². The highest BCUT2D eigenvalue weighted by molar-refractivity contribution is 7.92. The highest BCUT2D eigenvalue weighted by atomic mass is 32.2. The highest BCUT2D eigenvalue weighted by Gasteiger charge is 2.36. The molecule has 0 unspecified atom stereocenters. The lowest BCUT2D eigenvalue weighted by Crippen LogP contribution is -2.30. The van der Waals surface area contributed by atoms with E-state index in [0.29, 0.717) is 39.5 Å². The van der Waals surface area contributed by atoms with E-state index in [1.165, 1.54) is 25.7 Å². The van der Waals surface area contributed by atoms with Crippen molar-refractivity contribution in [2.45, 2.75) is 49.5 Å². The number of halogens is 4. The predicted molar refractivity (Wildman–Crippen MR) is 139 cm³/mol. The molecular weight excluding hydrogens is 552 g/mol. The summed E-state index contributed by atoms with van der Waals surface area (Å²) in [6, 6.07) is 6.99. The molecule has 1 N–H and O–H groups in total. The first-order valence-corrected chi connectivity index (χ1v) is 13.8. The van der Waals surface area contributed by atoms with Crippen LogP contribution in [0, 0.1) is 18.6 Å². The number of aromatic nitrogens is 3. The third-order valence-electron chi connectivity index (χ3n) is 6.67. The van der Waals surface area contributed by atoms with Gasteiger partial charge in [0.2, 0.25) is 11.8 Å². The molecule has 4 aromatic rings. The molecule has 0 spiro atoms. The van der Waals surface area contributed by atoms with E-state index in [-0.39, 0.29) is 37.3 Å². The van der Waals surface area contributed by atoms with Crippen molar-refractivity contribution >= 4 is 26.6 Å². The van der Waals surface area contributed by atoms with E-state index in [1.807, 2.05) is 0 Å². The van der Waals surface area contributed by atoms with E-state index < -0.39 is 38.6 Å². The Hall–Kier alpha value is -4.00. The minimum absolute atomic E-state index is 0.0882. The van der Waals surface area contributed by atoms with Crippen LogP contribution in [0.2, 0.25) is 0 Å². The Morgan fingerprint density at radius 2 is 1.75 bits per heavy atom. The Bertz CT molecular complexity index is 1690. The Morgan fingerprint density at radius 3 is 2.45 bits per heavy atom. The molecule has 1 aliphatic rings. The second-order valence-electron chi connectivity index (χ2n) is 9.46. The fourth-order valence-corrected chi connectivity index (χ4v) is 5.67. The maximum atomic E-state index is 14.3. The number of pyridine rings is 1. The summed E-state index contributed by atoms with van der Waals surface area (Å²) < 4.78 is 94.5. The van der Waals surface area contributed by atoms with Crippen molar-refractivity contribution in [1.29, 1.82) is 0 Å². The normalized spacial score (nSPS) is 15.7. The van der Waals surface area contributed by atoms with Gasteiger partial charge in [0.05, 0.1) is 13.2 Å². The summed E-state index contributed by atoms with van der Waals surface area (Å²) in [5.74, 6) is -4.62. The Morgan fingerprint density at radius 1 is 1.00 bits per heavy atom. The number of nitrogens with zero attached hydrogens (tertiary/aromatic N) is 3. The van der Waals surface area contributed by atoms with Gasteiger partial charge in [0, 0.05) is 41.7 Å². The zero-order valence-electron chi connectivity index (χ0n) is 21.4. The number of hydrogen-bond donors (Lipinski definition) is 1. The van der Waals surface area contributed by atoms with Crippen molar-refractivity contribution in [3.63, 3.8) is 0 Å². The van der Waals surface area contributed by atoms with Crippen molar-refractivity contribution in [1.82, 2.24) is 15.0 Å². The summed E-state index contributed by atoms with van der Waals surface area (Å²) >= 11 is 0. The SMILES string of the molecule is COc1ncc(-c2cc(OC3CCC(F)(F)CC3)c3ncnc(C)c3c2)cc1NS(=O)(=O)c1ccc(F)cc1F. The molecule has 0 aliphatic heterocycles. The first-order valence-electron chi connectivity index (χ1n) is 12.3. The topological polar surface area (TPSA) is 103 Å². The first-order chi connectivity index (χ1) is 19.0. The standard InChI is InChI=1S/C27H24F4N4O4S/c1-15-20-9-16(11-23(25(20)34-14-33-15)39-19-5-7-27(30,31)8-6-19)17-10-22(26(38-2)32-13-17)35-40(36,37)24-4-3-18(28)12-21(24)29/h3-4,9-14,19,35H,5-8H2,1-2H3. The van der Waals surface area contributed by atoms with Gasteiger partial charge in [-0.1, -0.05) is 0 Å². The van der Waals surface area contributed by atoms with Crippen LogP contribution in [0.25, 0.3) is 22.0 Å². The van der Waals surface area contributed by atoms with Crippen LogP contribution >= 0.6 is 0 Å². The lowest BCUT2D eigenvalue weighted by Gasteiger charge is -2.29. The maximum Gasteiger partial charge on any atom is 0.264 e. The van der Waals surface area contributed by atoms with E-state index in [9.17, 15) is 26.0 Å². The van der Waals surface area contributed by atoms with Crippen LogP contribution in [0.4, 0.5) is 23.2 Å². The molecule has 0 bridgehead atoms. The highest BCUT2D eigenvalue weighted by Crippen LogP contribution is 2.39. The second-order valence-corrected chi connectivity index (χ2v) is 11.1. The van der Waals surface area contributed by atoms with Gasteiger partial charge < -0.3 is 9.47 Å². The molecule has 40 heavy (non-hydrogen) atoms. The summed E-state index contributed by atoms with van der Waals surface area (Å²) in [6.45, 7) is 1.78. The van der Waals surface area contributed by atoms with Gasteiger partial charge in [0.25, 0.3) is 10.0 Å². The Balaban J connectivity index is 1.54. The molecule has 1 saturated carbocycles. The molecular formula is C27H24F4N4O4S. The Labute approximate surface area is 227 Å². The van der Waals surface area contributed by atoms with Gasteiger partial charge >= 0.3 is 0 Å². The average Bonchev–Trinajstić information content (AvgIpc) is 2.90. The molecule has 0 radical (unpaired) electrons. The number of aryl methyl sites for hydroxylation is 1. The van der Waals surface area contributed by atoms with Crippen LogP contribution < -0.4 is 14.2 Å². The summed E-state index contributed by atoms with van der Waals surface area (Å²) in [5.41, 5.74) is 2.03. The van der Waals surface area contributed by atoms with Crippen LogP contribution in [0.5, 0.6) is 11.6 Å². The predicted octanol–water partition coefficient (Wildman–Crippen LogP) is 6.04. The molecule has 1 aliphatic carbocycles. The third-order valence-corrected chi connectivity index (χ3v) is 8.07. The monoisotopic (exact) mass is 576 g/mol. The first kappa shape index (κ1) is 27.6. The Kier molecular flexibility index (Phi) is 7.25. The van der Waals surface area contributed by atoms with Crippen molar-refractivity contribution < 1.29 is 35.5 Å². The quantitative estimate of drug-likeness (QED) is 0.268. The summed E-state index contributed by atoms with van der Waals surface area (Å²) in [6.07, 6.45) is 2.21. The average molecular weight is 577 g/mol. The summed E-state index contributed by atoms with van der Waals surface area (Å²) in [7, 11) is -3.20. The third kappa shape index (κ3) is 5.64. The molecule has 8 nitrogen and oxygen atoms in total. The fourth-order valence-electron chi connectivity index (χ4n) is 4.57. The van der Waals surface area contributed by atoms with E-state index in [0.717, 1.165) is 12.1 Å². The van der Waals surface area contributed by atoms with Gasteiger partial charge in [-0.3, -0.25) is 4.72 Å². The molecule has 2 aromatic carbocycles. The zero-order valence-corrected chi connectivity index (χ0v) is 22.2. The van der Waals surface area contributed by atoms with Gasteiger partial charge in [0.1, 0.15) is 39.8 Å². The second kappa shape index (κ2) is 10.5. The number of alkyl halides is 2.